The summed E-state index contributed by atoms with van der Waals surface area (Å²) in [5.41, 5.74) is 3.52. The molecule has 0 radical (unpaired) electrons. The highest BCUT2D eigenvalue weighted by molar-refractivity contribution is 7.99. The third kappa shape index (κ3) is 4.70. The molecule has 3 aromatic rings. The maximum Gasteiger partial charge on any atom is 0.231 e. The monoisotopic (exact) mass is 411 g/mol. The molecule has 5 nitrogen and oxygen atoms in total. The number of benzene rings is 2. The first-order valence-corrected chi connectivity index (χ1v) is 11.5. The van der Waals surface area contributed by atoms with Crippen LogP contribution >= 0.6 is 11.8 Å². The molecular weight excluding hydrogens is 382 g/mol. The molecule has 6 heteroatoms. The Morgan fingerprint density at radius 2 is 1.93 bits per heavy atom. The van der Waals surface area contributed by atoms with E-state index < -0.39 is 0 Å². The normalized spacial score (nSPS) is 12.8. The first-order chi connectivity index (χ1) is 14.3. The number of unbranched alkanes of at least 4 members (excludes halogenated alkanes) is 1. The summed E-state index contributed by atoms with van der Waals surface area (Å²) in [5, 5.41) is 3.55. The molecule has 0 atom stereocenters. The summed E-state index contributed by atoms with van der Waals surface area (Å²) >= 11 is 1.92. The van der Waals surface area contributed by atoms with E-state index in [-0.39, 0.29) is 0 Å². The molecule has 4 rings (SSSR count). The van der Waals surface area contributed by atoms with Gasteiger partial charge in [0.1, 0.15) is 5.82 Å². The molecule has 1 aliphatic heterocycles. The second kappa shape index (κ2) is 9.55. The highest BCUT2D eigenvalue weighted by Crippen LogP contribution is 2.32. The lowest BCUT2D eigenvalue weighted by Gasteiger charge is -2.10. The molecule has 29 heavy (non-hydrogen) atoms. The summed E-state index contributed by atoms with van der Waals surface area (Å²) in [6.07, 6.45) is 3.52. The lowest BCUT2D eigenvalue weighted by molar-refractivity contribution is 0.174. The van der Waals surface area contributed by atoms with Crippen molar-refractivity contribution < 1.29 is 9.47 Å². The van der Waals surface area contributed by atoms with Crippen molar-refractivity contribution >= 4 is 22.8 Å². The average molecular weight is 412 g/mol. The van der Waals surface area contributed by atoms with E-state index in [1.165, 1.54) is 28.8 Å². The Hall–Kier alpha value is -2.18. The number of rotatable bonds is 10. The zero-order valence-corrected chi connectivity index (χ0v) is 18.1. The van der Waals surface area contributed by atoms with Crippen molar-refractivity contribution in [3.63, 3.8) is 0 Å². The van der Waals surface area contributed by atoms with Gasteiger partial charge in [-0.1, -0.05) is 26.3 Å². The first-order valence-electron chi connectivity index (χ1n) is 10.5. The van der Waals surface area contributed by atoms with Crippen LogP contribution in [0.1, 0.15) is 44.5 Å². The Kier molecular flexibility index (Phi) is 6.62. The molecule has 0 saturated heterocycles. The molecule has 2 aromatic carbocycles. The lowest BCUT2D eigenvalue weighted by atomic mass is 10.2. The maximum absolute atomic E-state index is 5.48. The SMILES string of the molecule is CCCCn1c(CNCc2ccc3c(c2)OCO3)nc2ccc(SCCC)cc21. The van der Waals surface area contributed by atoms with Gasteiger partial charge in [0, 0.05) is 18.0 Å². The van der Waals surface area contributed by atoms with Gasteiger partial charge in [-0.15, -0.1) is 11.8 Å². The van der Waals surface area contributed by atoms with E-state index in [0.717, 1.165) is 54.6 Å². The van der Waals surface area contributed by atoms with Crippen molar-refractivity contribution in [3.8, 4) is 11.5 Å². The van der Waals surface area contributed by atoms with Gasteiger partial charge < -0.3 is 19.4 Å². The fourth-order valence-corrected chi connectivity index (χ4v) is 4.33. The smallest absolute Gasteiger partial charge is 0.231 e. The molecule has 0 unspecified atom stereocenters. The number of hydrogen-bond acceptors (Lipinski definition) is 5. The second-order valence-electron chi connectivity index (χ2n) is 7.32. The van der Waals surface area contributed by atoms with Gasteiger partial charge >= 0.3 is 0 Å². The third-order valence-electron chi connectivity index (χ3n) is 5.06. The molecule has 1 aliphatic rings. The van der Waals surface area contributed by atoms with Gasteiger partial charge in [-0.2, -0.15) is 0 Å². The second-order valence-corrected chi connectivity index (χ2v) is 8.49. The van der Waals surface area contributed by atoms with Crippen molar-refractivity contribution in [3.05, 3.63) is 47.8 Å². The van der Waals surface area contributed by atoms with Crippen LogP contribution in [-0.4, -0.2) is 22.1 Å². The topological polar surface area (TPSA) is 48.3 Å². The molecule has 1 N–H and O–H groups in total. The van der Waals surface area contributed by atoms with Crippen LogP contribution in [0.2, 0.25) is 0 Å². The van der Waals surface area contributed by atoms with Crippen molar-refractivity contribution in [1.29, 1.82) is 0 Å². The fraction of sp³-hybridized carbons (Fsp3) is 0.435. The van der Waals surface area contributed by atoms with Crippen LogP contribution in [-0.2, 0) is 19.6 Å². The van der Waals surface area contributed by atoms with Crippen LogP contribution in [0.4, 0.5) is 0 Å². The molecule has 0 amide bonds. The predicted octanol–water partition coefficient (Wildman–Crippen LogP) is 5.36. The van der Waals surface area contributed by atoms with Crippen LogP contribution < -0.4 is 14.8 Å². The van der Waals surface area contributed by atoms with E-state index >= 15 is 0 Å². The number of hydrogen-bond donors (Lipinski definition) is 1. The van der Waals surface area contributed by atoms with Crippen LogP contribution in [0.15, 0.2) is 41.3 Å². The lowest BCUT2D eigenvalue weighted by Crippen LogP contribution is -2.17. The van der Waals surface area contributed by atoms with Gasteiger partial charge in [0.15, 0.2) is 11.5 Å². The molecule has 0 saturated carbocycles. The van der Waals surface area contributed by atoms with Gasteiger partial charge in [-0.3, -0.25) is 0 Å². The zero-order chi connectivity index (χ0) is 20.1. The number of imidazole rings is 1. The Labute approximate surface area is 176 Å². The molecule has 1 aromatic heterocycles. The highest BCUT2D eigenvalue weighted by Gasteiger charge is 2.14. The molecule has 0 fully saturated rings. The van der Waals surface area contributed by atoms with E-state index in [9.17, 15) is 0 Å². The summed E-state index contributed by atoms with van der Waals surface area (Å²) in [6, 6.07) is 12.8. The number of thioether (sulfide) groups is 1. The Morgan fingerprint density at radius 3 is 2.79 bits per heavy atom. The summed E-state index contributed by atoms with van der Waals surface area (Å²) in [4.78, 5) is 6.25. The van der Waals surface area contributed by atoms with E-state index in [0.29, 0.717) is 6.79 Å². The highest BCUT2D eigenvalue weighted by atomic mass is 32.2. The maximum atomic E-state index is 5.48. The number of aromatic nitrogens is 2. The number of nitrogens with zero attached hydrogens (tertiary/aromatic N) is 2. The molecule has 0 aliphatic carbocycles. The third-order valence-corrected chi connectivity index (χ3v) is 6.26. The summed E-state index contributed by atoms with van der Waals surface area (Å²) in [6.45, 7) is 7.29. The largest absolute Gasteiger partial charge is 0.454 e. The van der Waals surface area contributed by atoms with E-state index in [1.807, 2.05) is 23.9 Å². The van der Waals surface area contributed by atoms with Crippen LogP contribution in [0.5, 0.6) is 11.5 Å². The van der Waals surface area contributed by atoms with Crippen LogP contribution in [0.3, 0.4) is 0 Å². The zero-order valence-electron chi connectivity index (χ0n) is 17.2. The molecule has 154 valence electrons. The predicted molar refractivity (Wildman–Crippen MR) is 119 cm³/mol. The minimum absolute atomic E-state index is 0.312. The van der Waals surface area contributed by atoms with Crippen molar-refractivity contribution in [2.75, 3.05) is 12.5 Å². The first kappa shape index (κ1) is 20.1. The molecule has 0 spiro atoms. The molecular formula is C23H29N3O2S. The summed E-state index contributed by atoms with van der Waals surface area (Å²) in [5.74, 6) is 3.91. The molecule has 0 bridgehead atoms. The van der Waals surface area contributed by atoms with Crippen LogP contribution in [0.25, 0.3) is 11.0 Å². The Bertz CT molecular complexity index is 970. The van der Waals surface area contributed by atoms with Crippen molar-refractivity contribution in [2.24, 2.45) is 0 Å². The standard InChI is InChI=1S/C23H29N3O2S/c1-3-5-10-26-20-13-18(29-11-4-2)7-8-19(20)25-23(26)15-24-14-17-6-9-21-22(12-17)28-16-27-21/h6-9,12-13,24H,3-5,10-11,14-16H2,1-2H3. The number of aryl methyl sites for hydroxylation is 1. The van der Waals surface area contributed by atoms with E-state index in [2.05, 4.69) is 48.0 Å². The van der Waals surface area contributed by atoms with E-state index in [4.69, 9.17) is 14.5 Å². The van der Waals surface area contributed by atoms with Gasteiger partial charge in [0.25, 0.3) is 0 Å². The average Bonchev–Trinajstić information content (AvgIpc) is 3.34. The summed E-state index contributed by atoms with van der Waals surface area (Å²) < 4.78 is 13.3. The van der Waals surface area contributed by atoms with Gasteiger partial charge in [0.2, 0.25) is 6.79 Å². The van der Waals surface area contributed by atoms with Crippen molar-refractivity contribution in [2.45, 2.75) is 57.6 Å². The molecule has 2 heterocycles. The van der Waals surface area contributed by atoms with E-state index in [1.54, 1.807) is 0 Å². The van der Waals surface area contributed by atoms with Gasteiger partial charge in [-0.25, -0.2) is 4.98 Å². The summed E-state index contributed by atoms with van der Waals surface area (Å²) in [7, 11) is 0. The minimum Gasteiger partial charge on any atom is -0.454 e. The van der Waals surface area contributed by atoms with Crippen LogP contribution in [0, 0.1) is 0 Å². The number of nitrogens with one attached hydrogen (secondary N) is 1. The Morgan fingerprint density at radius 1 is 1.03 bits per heavy atom. The Balaban J connectivity index is 1.49. The fourth-order valence-electron chi connectivity index (χ4n) is 3.53. The number of ether oxygens (including phenoxy) is 2. The minimum atomic E-state index is 0.312. The van der Waals surface area contributed by atoms with Gasteiger partial charge in [-0.05, 0) is 54.5 Å². The number of fused-ring (bicyclic) bond motifs is 2. The van der Waals surface area contributed by atoms with Crippen molar-refractivity contribution in [1.82, 2.24) is 14.9 Å². The van der Waals surface area contributed by atoms with Gasteiger partial charge in [0.05, 0.1) is 17.6 Å². The quantitative estimate of drug-likeness (QED) is 0.455.